The van der Waals surface area contributed by atoms with Gasteiger partial charge in [0.1, 0.15) is 0 Å². The molecule has 15 heavy (non-hydrogen) atoms. The van der Waals surface area contributed by atoms with E-state index in [2.05, 4.69) is 15.3 Å². The number of nitrogens with zero attached hydrogens (tertiary/aromatic N) is 2. The normalized spacial score (nSPS) is 21.3. The number of nitrogens with one attached hydrogen (secondary N) is 1. The van der Waals surface area contributed by atoms with Crippen LogP contribution in [0.25, 0.3) is 0 Å². The minimum absolute atomic E-state index is 0.231. The van der Waals surface area contributed by atoms with Crippen LogP contribution in [-0.4, -0.2) is 29.7 Å². The summed E-state index contributed by atoms with van der Waals surface area (Å²) in [4.78, 5) is 7.77. The van der Waals surface area contributed by atoms with Gasteiger partial charge in [0, 0.05) is 24.7 Å². The highest BCUT2D eigenvalue weighted by molar-refractivity contribution is 6.28. The van der Waals surface area contributed by atoms with E-state index in [9.17, 15) is 0 Å². The molecule has 0 saturated carbocycles. The zero-order chi connectivity index (χ0) is 10.5. The van der Waals surface area contributed by atoms with Gasteiger partial charge in [-0.15, -0.1) is 0 Å². The van der Waals surface area contributed by atoms with Gasteiger partial charge in [0.25, 0.3) is 0 Å². The average Bonchev–Trinajstić information content (AvgIpc) is 2.28. The number of hydrogen-bond acceptors (Lipinski definition) is 4. The first-order chi connectivity index (χ1) is 7.34. The highest BCUT2D eigenvalue weighted by atomic mass is 35.5. The first-order valence-corrected chi connectivity index (χ1v) is 5.54. The molecule has 0 spiro atoms. The molecular weight excluding hydrogens is 214 g/mol. The van der Waals surface area contributed by atoms with Crippen LogP contribution in [0, 0.1) is 5.92 Å². The third-order valence-corrected chi connectivity index (χ3v) is 2.65. The van der Waals surface area contributed by atoms with E-state index in [-0.39, 0.29) is 5.28 Å². The molecule has 4 nitrogen and oxygen atoms in total. The van der Waals surface area contributed by atoms with Gasteiger partial charge in [-0.1, -0.05) is 0 Å². The van der Waals surface area contributed by atoms with Crippen molar-refractivity contribution in [3.63, 3.8) is 0 Å². The van der Waals surface area contributed by atoms with E-state index in [0.29, 0.717) is 18.4 Å². The maximum absolute atomic E-state index is 5.65. The smallest absolute Gasteiger partial charge is 0.225 e. The fourth-order valence-corrected chi connectivity index (χ4v) is 1.81. The van der Waals surface area contributed by atoms with Crippen LogP contribution in [0.15, 0.2) is 12.3 Å². The molecule has 0 aliphatic carbocycles. The molecule has 1 aliphatic rings. The number of hydrogen-bond donors (Lipinski definition) is 1. The van der Waals surface area contributed by atoms with Gasteiger partial charge in [-0.25, -0.2) is 4.98 Å². The van der Waals surface area contributed by atoms with Crippen molar-refractivity contribution < 1.29 is 4.74 Å². The quantitative estimate of drug-likeness (QED) is 0.796. The SMILES string of the molecule is Clc1nccc(OC[C@H]2CCCNC2)n1. The van der Waals surface area contributed by atoms with E-state index in [1.165, 1.54) is 12.8 Å². The summed E-state index contributed by atoms with van der Waals surface area (Å²) in [6.07, 6.45) is 4.04. The Balaban J connectivity index is 1.81. The van der Waals surface area contributed by atoms with E-state index in [0.717, 1.165) is 13.1 Å². The molecule has 1 N–H and O–H groups in total. The van der Waals surface area contributed by atoms with Crippen LogP contribution < -0.4 is 10.1 Å². The second-order valence-corrected chi connectivity index (χ2v) is 4.03. The van der Waals surface area contributed by atoms with Gasteiger partial charge in [0.15, 0.2) is 0 Å². The summed E-state index contributed by atoms with van der Waals surface area (Å²) < 4.78 is 5.55. The molecule has 0 amide bonds. The Bertz CT molecular complexity index is 315. The van der Waals surface area contributed by atoms with Crippen LogP contribution in [0.2, 0.25) is 5.28 Å². The van der Waals surface area contributed by atoms with Crippen LogP contribution >= 0.6 is 11.6 Å². The molecule has 0 aromatic carbocycles. The van der Waals surface area contributed by atoms with E-state index >= 15 is 0 Å². The Kier molecular flexibility index (Phi) is 3.75. The Morgan fingerprint density at radius 2 is 2.53 bits per heavy atom. The third-order valence-electron chi connectivity index (χ3n) is 2.47. The molecule has 1 aromatic heterocycles. The van der Waals surface area contributed by atoms with Crippen molar-refractivity contribution in [1.29, 1.82) is 0 Å². The van der Waals surface area contributed by atoms with Crippen LogP contribution in [0.3, 0.4) is 0 Å². The van der Waals surface area contributed by atoms with Crippen LogP contribution in [-0.2, 0) is 0 Å². The van der Waals surface area contributed by atoms with Crippen molar-refractivity contribution in [2.24, 2.45) is 5.92 Å². The van der Waals surface area contributed by atoms with Crippen molar-refractivity contribution in [3.05, 3.63) is 17.5 Å². The largest absolute Gasteiger partial charge is 0.477 e. The fraction of sp³-hybridized carbons (Fsp3) is 0.600. The van der Waals surface area contributed by atoms with Gasteiger partial charge in [-0.05, 0) is 31.0 Å². The number of piperidine rings is 1. The standard InChI is InChI=1S/C10H14ClN3O/c11-10-13-5-3-9(14-10)15-7-8-2-1-4-12-6-8/h3,5,8,12H,1-2,4,6-7H2/t8-/m0/s1. The van der Waals surface area contributed by atoms with Crippen molar-refractivity contribution in [1.82, 2.24) is 15.3 Å². The number of rotatable bonds is 3. The van der Waals surface area contributed by atoms with Crippen molar-refractivity contribution >= 4 is 11.6 Å². The Morgan fingerprint density at radius 3 is 3.27 bits per heavy atom. The molecule has 0 unspecified atom stereocenters. The molecule has 1 aliphatic heterocycles. The van der Waals surface area contributed by atoms with E-state index in [1.54, 1.807) is 12.3 Å². The number of aromatic nitrogens is 2. The molecule has 1 saturated heterocycles. The molecular formula is C10H14ClN3O. The van der Waals surface area contributed by atoms with Gasteiger partial charge in [-0.2, -0.15) is 4.98 Å². The lowest BCUT2D eigenvalue weighted by molar-refractivity contribution is 0.212. The van der Waals surface area contributed by atoms with E-state index < -0.39 is 0 Å². The molecule has 5 heteroatoms. The molecule has 2 rings (SSSR count). The lowest BCUT2D eigenvalue weighted by Crippen LogP contribution is -2.33. The van der Waals surface area contributed by atoms with Gasteiger partial charge in [-0.3, -0.25) is 0 Å². The zero-order valence-electron chi connectivity index (χ0n) is 8.45. The van der Waals surface area contributed by atoms with Crippen LogP contribution in [0.1, 0.15) is 12.8 Å². The lowest BCUT2D eigenvalue weighted by Gasteiger charge is -2.22. The van der Waals surface area contributed by atoms with Crippen LogP contribution in [0.4, 0.5) is 0 Å². The lowest BCUT2D eigenvalue weighted by atomic mass is 10.0. The molecule has 0 bridgehead atoms. The number of ether oxygens (including phenoxy) is 1. The van der Waals surface area contributed by atoms with Gasteiger partial charge in [0.2, 0.25) is 11.2 Å². The third kappa shape index (κ3) is 3.32. The maximum Gasteiger partial charge on any atom is 0.225 e. The van der Waals surface area contributed by atoms with Crippen LogP contribution in [0.5, 0.6) is 5.88 Å². The minimum Gasteiger partial charge on any atom is -0.477 e. The Morgan fingerprint density at radius 1 is 1.60 bits per heavy atom. The van der Waals surface area contributed by atoms with E-state index in [1.807, 2.05) is 0 Å². The predicted octanol–water partition coefficient (Wildman–Crippen LogP) is 1.51. The first-order valence-electron chi connectivity index (χ1n) is 5.16. The van der Waals surface area contributed by atoms with Gasteiger partial charge >= 0.3 is 0 Å². The fourth-order valence-electron chi connectivity index (χ4n) is 1.67. The molecule has 0 radical (unpaired) electrons. The summed E-state index contributed by atoms with van der Waals surface area (Å²) >= 11 is 5.65. The highest BCUT2D eigenvalue weighted by Gasteiger charge is 2.13. The highest BCUT2D eigenvalue weighted by Crippen LogP contribution is 2.13. The monoisotopic (exact) mass is 227 g/mol. The van der Waals surface area contributed by atoms with E-state index in [4.69, 9.17) is 16.3 Å². The zero-order valence-corrected chi connectivity index (χ0v) is 9.20. The predicted molar refractivity (Wildman–Crippen MR) is 58.1 cm³/mol. The van der Waals surface area contributed by atoms with Crippen molar-refractivity contribution in [2.45, 2.75) is 12.8 Å². The topological polar surface area (TPSA) is 47.0 Å². The summed E-state index contributed by atoms with van der Waals surface area (Å²) in [6, 6.07) is 1.72. The molecule has 82 valence electrons. The summed E-state index contributed by atoms with van der Waals surface area (Å²) in [5.41, 5.74) is 0. The van der Waals surface area contributed by atoms with Crippen molar-refractivity contribution in [3.8, 4) is 5.88 Å². The summed E-state index contributed by atoms with van der Waals surface area (Å²) in [5.74, 6) is 1.13. The van der Waals surface area contributed by atoms with Gasteiger partial charge in [0.05, 0.1) is 6.61 Å². The molecule has 1 aromatic rings. The van der Waals surface area contributed by atoms with Crippen molar-refractivity contribution in [2.75, 3.05) is 19.7 Å². The molecule has 2 heterocycles. The first kappa shape index (κ1) is 10.6. The second-order valence-electron chi connectivity index (χ2n) is 3.69. The summed E-state index contributed by atoms with van der Waals surface area (Å²) in [6.45, 7) is 2.84. The molecule has 1 fully saturated rings. The molecule has 1 atom stereocenters. The maximum atomic E-state index is 5.65. The summed E-state index contributed by atoms with van der Waals surface area (Å²) in [7, 11) is 0. The Hall–Kier alpha value is -0.870. The van der Waals surface area contributed by atoms with Gasteiger partial charge < -0.3 is 10.1 Å². The average molecular weight is 228 g/mol. The number of halogens is 1. The second kappa shape index (κ2) is 5.28. The summed E-state index contributed by atoms with van der Waals surface area (Å²) in [5, 5.41) is 3.57. The Labute approximate surface area is 94.0 Å². The minimum atomic E-state index is 0.231.